The van der Waals surface area contributed by atoms with Gasteiger partial charge in [0, 0.05) is 35.8 Å². The molecule has 6 heteroatoms. The number of rotatable bonds is 3. The van der Waals surface area contributed by atoms with Crippen molar-refractivity contribution >= 4 is 16.7 Å². The molecule has 0 N–H and O–H groups in total. The van der Waals surface area contributed by atoms with Gasteiger partial charge in [0.05, 0.1) is 0 Å². The zero-order valence-corrected chi connectivity index (χ0v) is 14.7. The standard InChI is InChI=1S/C21H18N4O2/c26-21-18(25-14-22-20(23-25)15-6-2-1-3-7-15)12-16-8-9-17(13-19(16)27-21)24-10-4-5-11-24/h1-3,6-9,12-14H,4-5,10-11H2. The quantitative estimate of drug-likeness (QED) is 0.523. The lowest BCUT2D eigenvalue weighted by molar-refractivity contribution is 0.552. The van der Waals surface area contributed by atoms with Gasteiger partial charge in [-0.1, -0.05) is 30.3 Å². The molecule has 1 fully saturated rings. The lowest BCUT2D eigenvalue weighted by atomic mass is 10.2. The monoisotopic (exact) mass is 358 g/mol. The predicted molar refractivity (Wildman–Crippen MR) is 104 cm³/mol. The van der Waals surface area contributed by atoms with Gasteiger partial charge in [-0.05, 0) is 31.0 Å². The largest absolute Gasteiger partial charge is 0.421 e. The summed E-state index contributed by atoms with van der Waals surface area (Å²) in [4.78, 5) is 19.2. The van der Waals surface area contributed by atoms with E-state index < -0.39 is 5.63 Å². The molecule has 0 aliphatic carbocycles. The van der Waals surface area contributed by atoms with E-state index in [0.29, 0.717) is 17.1 Å². The van der Waals surface area contributed by atoms with Crippen LogP contribution >= 0.6 is 0 Å². The Morgan fingerprint density at radius 3 is 2.59 bits per heavy atom. The van der Waals surface area contributed by atoms with E-state index in [1.807, 2.05) is 42.5 Å². The number of fused-ring (bicyclic) bond motifs is 1. The number of aromatic nitrogens is 3. The molecule has 0 saturated carbocycles. The highest BCUT2D eigenvalue weighted by molar-refractivity contribution is 5.82. The minimum atomic E-state index is -0.425. The minimum absolute atomic E-state index is 0.353. The van der Waals surface area contributed by atoms with E-state index in [4.69, 9.17) is 4.42 Å². The molecule has 0 bridgehead atoms. The summed E-state index contributed by atoms with van der Waals surface area (Å²) < 4.78 is 7.07. The summed E-state index contributed by atoms with van der Waals surface area (Å²) in [6.07, 6.45) is 3.95. The first-order valence-corrected chi connectivity index (χ1v) is 9.08. The lowest BCUT2D eigenvalue weighted by Gasteiger charge is -2.17. The highest BCUT2D eigenvalue weighted by Crippen LogP contribution is 2.25. The van der Waals surface area contributed by atoms with Crippen LogP contribution in [0.4, 0.5) is 5.69 Å². The van der Waals surface area contributed by atoms with Crippen LogP contribution in [-0.4, -0.2) is 27.9 Å². The first kappa shape index (κ1) is 15.8. The van der Waals surface area contributed by atoms with Gasteiger partial charge in [-0.25, -0.2) is 14.5 Å². The molecule has 27 heavy (non-hydrogen) atoms. The van der Waals surface area contributed by atoms with Crippen molar-refractivity contribution < 1.29 is 4.42 Å². The van der Waals surface area contributed by atoms with Crippen LogP contribution in [0, 0.1) is 0 Å². The first-order chi connectivity index (χ1) is 13.3. The fraction of sp³-hybridized carbons (Fsp3) is 0.190. The van der Waals surface area contributed by atoms with Crippen molar-refractivity contribution in [1.82, 2.24) is 14.8 Å². The molecule has 1 saturated heterocycles. The summed E-state index contributed by atoms with van der Waals surface area (Å²) in [5.41, 5.74) is 2.52. The Morgan fingerprint density at radius 2 is 1.78 bits per heavy atom. The average molecular weight is 358 g/mol. The van der Waals surface area contributed by atoms with Gasteiger partial charge in [-0.3, -0.25) is 0 Å². The van der Waals surface area contributed by atoms with Crippen molar-refractivity contribution in [2.45, 2.75) is 12.8 Å². The molecule has 0 atom stereocenters. The van der Waals surface area contributed by atoms with Gasteiger partial charge in [0.2, 0.25) is 0 Å². The van der Waals surface area contributed by atoms with Gasteiger partial charge < -0.3 is 9.32 Å². The summed E-state index contributed by atoms with van der Waals surface area (Å²) >= 11 is 0. The van der Waals surface area contributed by atoms with Crippen molar-refractivity contribution in [3.8, 4) is 17.1 Å². The zero-order valence-electron chi connectivity index (χ0n) is 14.7. The molecular weight excluding hydrogens is 340 g/mol. The zero-order chi connectivity index (χ0) is 18.2. The van der Waals surface area contributed by atoms with Gasteiger partial charge >= 0.3 is 5.63 Å². The number of benzene rings is 2. The second kappa shape index (κ2) is 6.39. The van der Waals surface area contributed by atoms with Crippen LogP contribution in [0.5, 0.6) is 0 Å². The Bertz CT molecular complexity index is 1160. The van der Waals surface area contributed by atoms with Crippen LogP contribution in [0.3, 0.4) is 0 Å². The van der Waals surface area contributed by atoms with E-state index in [1.54, 1.807) is 12.4 Å². The maximum absolute atomic E-state index is 12.5. The van der Waals surface area contributed by atoms with Crippen molar-refractivity contribution in [2.75, 3.05) is 18.0 Å². The fourth-order valence-electron chi connectivity index (χ4n) is 3.52. The van der Waals surface area contributed by atoms with Gasteiger partial charge in [0.15, 0.2) is 11.5 Å². The van der Waals surface area contributed by atoms with E-state index in [-0.39, 0.29) is 0 Å². The molecule has 0 radical (unpaired) electrons. The van der Waals surface area contributed by atoms with Crippen LogP contribution < -0.4 is 10.5 Å². The third-order valence-corrected chi connectivity index (χ3v) is 4.94. The number of hydrogen-bond acceptors (Lipinski definition) is 5. The molecule has 0 spiro atoms. The molecule has 2 aromatic heterocycles. The SMILES string of the molecule is O=c1oc2cc(N3CCCC3)ccc2cc1-n1cnc(-c2ccccc2)n1. The molecule has 1 aliphatic rings. The molecule has 0 unspecified atom stereocenters. The van der Waals surface area contributed by atoms with Crippen molar-refractivity contribution in [3.05, 3.63) is 71.3 Å². The third kappa shape index (κ3) is 2.89. The molecule has 4 aromatic rings. The summed E-state index contributed by atoms with van der Waals surface area (Å²) in [6, 6.07) is 17.5. The maximum atomic E-state index is 12.5. The highest BCUT2D eigenvalue weighted by atomic mass is 16.4. The molecule has 0 amide bonds. The van der Waals surface area contributed by atoms with Gasteiger partial charge in [0.25, 0.3) is 0 Å². The molecule has 134 valence electrons. The molecule has 3 heterocycles. The van der Waals surface area contributed by atoms with E-state index in [0.717, 1.165) is 29.7 Å². The third-order valence-electron chi connectivity index (χ3n) is 4.94. The van der Waals surface area contributed by atoms with Crippen LogP contribution in [0.25, 0.3) is 28.0 Å². The lowest BCUT2D eigenvalue weighted by Crippen LogP contribution is -2.17. The summed E-state index contributed by atoms with van der Waals surface area (Å²) in [7, 11) is 0. The average Bonchev–Trinajstić information content (AvgIpc) is 3.40. The molecule has 1 aliphatic heterocycles. The summed E-state index contributed by atoms with van der Waals surface area (Å²) in [5.74, 6) is 0.569. The van der Waals surface area contributed by atoms with Crippen molar-refractivity contribution in [3.63, 3.8) is 0 Å². The van der Waals surface area contributed by atoms with Gasteiger partial charge in [-0.15, -0.1) is 5.10 Å². The fourth-order valence-corrected chi connectivity index (χ4v) is 3.52. The number of hydrogen-bond donors (Lipinski definition) is 0. The van der Waals surface area contributed by atoms with Crippen molar-refractivity contribution in [1.29, 1.82) is 0 Å². The Balaban J connectivity index is 1.54. The van der Waals surface area contributed by atoms with Crippen LogP contribution in [0.1, 0.15) is 12.8 Å². The number of anilines is 1. The smallest absolute Gasteiger partial charge is 0.362 e. The Kier molecular flexibility index (Phi) is 3.74. The Hall–Kier alpha value is -3.41. The molecule has 2 aromatic carbocycles. The summed E-state index contributed by atoms with van der Waals surface area (Å²) in [5, 5.41) is 5.30. The van der Waals surface area contributed by atoms with E-state index in [9.17, 15) is 4.79 Å². The number of nitrogens with zero attached hydrogens (tertiary/aromatic N) is 4. The molecule has 6 nitrogen and oxygen atoms in total. The first-order valence-electron chi connectivity index (χ1n) is 9.08. The topological polar surface area (TPSA) is 64.2 Å². The predicted octanol–water partition coefficient (Wildman–Crippen LogP) is 3.64. The highest BCUT2D eigenvalue weighted by Gasteiger charge is 2.15. The van der Waals surface area contributed by atoms with Crippen molar-refractivity contribution in [2.24, 2.45) is 0 Å². The second-order valence-electron chi connectivity index (χ2n) is 6.71. The van der Waals surface area contributed by atoms with Crippen LogP contribution in [-0.2, 0) is 0 Å². The molecular formula is C21H18N4O2. The van der Waals surface area contributed by atoms with Gasteiger partial charge in [-0.2, -0.15) is 0 Å². The second-order valence-corrected chi connectivity index (χ2v) is 6.71. The molecule has 5 rings (SSSR count). The summed E-state index contributed by atoms with van der Waals surface area (Å²) in [6.45, 7) is 2.10. The Labute approximate surface area is 155 Å². The van der Waals surface area contributed by atoms with E-state index in [1.165, 1.54) is 17.5 Å². The van der Waals surface area contributed by atoms with E-state index >= 15 is 0 Å². The minimum Gasteiger partial charge on any atom is -0.421 e. The normalized spacial score (nSPS) is 14.1. The Morgan fingerprint density at radius 1 is 0.963 bits per heavy atom. The van der Waals surface area contributed by atoms with Crippen LogP contribution in [0.15, 0.2) is 70.1 Å². The van der Waals surface area contributed by atoms with Crippen LogP contribution in [0.2, 0.25) is 0 Å². The van der Waals surface area contributed by atoms with E-state index in [2.05, 4.69) is 21.0 Å². The van der Waals surface area contributed by atoms with Gasteiger partial charge in [0.1, 0.15) is 11.9 Å². The maximum Gasteiger partial charge on any atom is 0.362 e.